The minimum absolute atomic E-state index is 0.736. The molecule has 4 aromatic heterocycles. The van der Waals surface area contributed by atoms with Crippen LogP contribution in [-0.4, -0.2) is 19.1 Å². The Hall–Kier alpha value is -6.98. The molecule has 6 aromatic carbocycles. The van der Waals surface area contributed by atoms with Crippen LogP contribution in [0, 0.1) is 0 Å². The van der Waals surface area contributed by atoms with Gasteiger partial charge in [-0.25, -0.2) is 0 Å². The fraction of sp³-hybridized carbons (Fsp3) is 0.0213. The maximum atomic E-state index is 7.10. The highest BCUT2D eigenvalue weighted by Crippen LogP contribution is 2.62. The van der Waals surface area contributed by atoms with Gasteiger partial charge in [-0.15, -0.1) is 0 Å². The molecule has 0 radical (unpaired) electrons. The molecule has 0 amide bonds. The Bertz CT molecular complexity index is 3030. The summed E-state index contributed by atoms with van der Waals surface area (Å²) in [5.41, 5.74) is 12.0. The summed E-state index contributed by atoms with van der Waals surface area (Å²) in [5.74, 6) is 1.66. The van der Waals surface area contributed by atoms with Crippen molar-refractivity contribution in [3.05, 3.63) is 192 Å². The minimum Gasteiger partial charge on any atom is -0.454 e. The third-order valence-electron chi connectivity index (χ3n) is 11.3. The molecule has 242 valence electrons. The molecular weight excluding hydrogens is 637 g/mol. The van der Waals surface area contributed by atoms with Gasteiger partial charge in [-0.3, -0.25) is 9.97 Å². The molecule has 1 spiro atoms. The quantitative estimate of drug-likeness (QED) is 0.185. The summed E-state index contributed by atoms with van der Waals surface area (Å²) >= 11 is 0. The molecule has 0 saturated carbocycles. The summed E-state index contributed by atoms with van der Waals surface area (Å²) in [6.07, 6.45) is 3.89. The number of benzene rings is 6. The normalized spacial score (nSPS) is 15.5. The SMILES string of the molecule is c1ccc2c(c1)Oc1c(-n3c4ccccc4c4ccccc43)cccc1C21c2cccnc2-c2ncc(-n3c4ccccc4c4ccccc43)cc21. The van der Waals surface area contributed by atoms with E-state index in [1.165, 1.54) is 21.5 Å². The highest BCUT2D eigenvalue weighted by molar-refractivity contribution is 6.10. The molecule has 2 aliphatic rings. The van der Waals surface area contributed by atoms with Gasteiger partial charge in [0.25, 0.3) is 0 Å². The van der Waals surface area contributed by atoms with E-state index in [1.54, 1.807) is 0 Å². The molecule has 1 unspecified atom stereocenters. The lowest BCUT2D eigenvalue weighted by atomic mass is 9.66. The summed E-state index contributed by atoms with van der Waals surface area (Å²) in [6, 6.07) is 56.2. The van der Waals surface area contributed by atoms with Crippen LogP contribution in [0.2, 0.25) is 0 Å². The van der Waals surface area contributed by atoms with Crippen molar-refractivity contribution in [1.82, 2.24) is 19.1 Å². The molecule has 0 N–H and O–H groups in total. The Balaban J connectivity index is 1.21. The zero-order chi connectivity index (χ0) is 34.0. The van der Waals surface area contributed by atoms with Gasteiger partial charge in [0.05, 0.1) is 56.4 Å². The standard InChI is InChI=1S/C47H28N4O/c1-6-20-38-30(13-1)31-14-2-7-21-39(31)50(38)29-27-37-45(49-28-29)44-35(19-12-26-48-44)47(37)34-17-5-10-25-43(34)52-46-36(47)18-11-24-42(46)51-40-22-8-3-15-32(40)33-16-4-9-23-41(33)51/h1-28H. The number of para-hydroxylation sites is 6. The first-order valence-electron chi connectivity index (χ1n) is 17.7. The smallest absolute Gasteiger partial charge is 0.156 e. The summed E-state index contributed by atoms with van der Waals surface area (Å²) in [7, 11) is 0. The third-order valence-corrected chi connectivity index (χ3v) is 11.3. The molecule has 1 atom stereocenters. The Morgan fingerprint density at radius 3 is 1.65 bits per heavy atom. The minimum atomic E-state index is -0.736. The van der Waals surface area contributed by atoms with Crippen molar-refractivity contribution >= 4 is 43.6 Å². The number of nitrogens with zero attached hydrogens (tertiary/aromatic N) is 4. The molecule has 1 aliphatic carbocycles. The van der Waals surface area contributed by atoms with E-state index in [0.717, 1.165) is 78.6 Å². The molecule has 52 heavy (non-hydrogen) atoms. The third kappa shape index (κ3) is 3.38. The molecule has 10 aromatic rings. The van der Waals surface area contributed by atoms with E-state index >= 15 is 0 Å². The molecule has 5 heterocycles. The lowest BCUT2D eigenvalue weighted by Crippen LogP contribution is -2.32. The van der Waals surface area contributed by atoms with Gasteiger partial charge < -0.3 is 13.9 Å². The van der Waals surface area contributed by atoms with Crippen LogP contribution < -0.4 is 4.74 Å². The molecule has 5 heteroatoms. The summed E-state index contributed by atoms with van der Waals surface area (Å²) in [6.45, 7) is 0. The lowest BCUT2D eigenvalue weighted by Gasteiger charge is -2.39. The Labute approximate surface area is 298 Å². The largest absolute Gasteiger partial charge is 0.454 e. The van der Waals surface area contributed by atoms with E-state index in [4.69, 9.17) is 14.7 Å². The van der Waals surface area contributed by atoms with Gasteiger partial charge in [-0.05, 0) is 54.1 Å². The van der Waals surface area contributed by atoms with Crippen molar-refractivity contribution in [2.75, 3.05) is 0 Å². The second-order valence-corrected chi connectivity index (χ2v) is 13.7. The van der Waals surface area contributed by atoms with Crippen LogP contribution in [0.3, 0.4) is 0 Å². The molecular formula is C47H28N4O. The van der Waals surface area contributed by atoms with Gasteiger partial charge in [0.1, 0.15) is 5.75 Å². The first-order chi connectivity index (χ1) is 25.8. The lowest BCUT2D eigenvalue weighted by molar-refractivity contribution is 0.434. The number of ether oxygens (including phenoxy) is 1. The van der Waals surface area contributed by atoms with Crippen LogP contribution in [0.4, 0.5) is 0 Å². The number of hydrogen-bond donors (Lipinski definition) is 0. The molecule has 12 rings (SSSR count). The Kier molecular flexibility index (Phi) is 5.37. The fourth-order valence-electron chi connectivity index (χ4n) is 9.28. The predicted octanol–water partition coefficient (Wildman–Crippen LogP) is 11.1. The average molecular weight is 665 g/mol. The predicted molar refractivity (Wildman–Crippen MR) is 208 cm³/mol. The second kappa shape index (κ2) is 10.1. The molecule has 0 fully saturated rings. The van der Waals surface area contributed by atoms with Crippen molar-refractivity contribution in [3.63, 3.8) is 0 Å². The number of aromatic nitrogens is 4. The zero-order valence-corrected chi connectivity index (χ0v) is 27.9. The zero-order valence-electron chi connectivity index (χ0n) is 27.9. The molecule has 0 bridgehead atoms. The van der Waals surface area contributed by atoms with E-state index in [-0.39, 0.29) is 0 Å². The maximum absolute atomic E-state index is 7.10. The van der Waals surface area contributed by atoms with Gasteiger partial charge in [0.2, 0.25) is 0 Å². The summed E-state index contributed by atoms with van der Waals surface area (Å²) in [4.78, 5) is 10.3. The topological polar surface area (TPSA) is 44.9 Å². The molecule has 5 nitrogen and oxygen atoms in total. The van der Waals surface area contributed by atoms with Gasteiger partial charge in [0.15, 0.2) is 5.75 Å². The van der Waals surface area contributed by atoms with E-state index in [9.17, 15) is 0 Å². The van der Waals surface area contributed by atoms with Gasteiger partial charge in [0, 0.05) is 44.4 Å². The van der Waals surface area contributed by atoms with Crippen molar-refractivity contribution in [1.29, 1.82) is 0 Å². The number of fused-ring (bicyclic) bond motifs is 15. The number of hydrogen-bond acceptors (Lipinski definition) is 3. The van der Waals surface area contributed by atoms with Crippen molar-refractivity contribution in [2.24, 2.45) is 0 Å². The van der Waals surface area contributed by atoms with Gasteiger partial charge in [-0.1, -0.05) is 109 Å². The average Bonchev–Trinajstić information content (AvgIpc) is 3.82. The highest BCUT2D eigenvalue weighted by Gasteiger charge is 2.53. The van der Waals surface area contributed by atoms with Crippen LogP contribution in [0.15, 0.2) is 170 Å². The van der Waals surface area contributed by atoms with Crippen LogP contribution in [0.5, 0.6) is 11.5 Å². The number of rotatable bonds is 2. The highest BCUT2D eigenvalue weighted by atomic mass is 16.5. The summed E-state index contributed by atoms with van der Waals surface area (Å²) in [5, 5.41) is 4.86. The van der Waals surface area contributed by atoms with E-state index in [0.29, 0.717) is 0 Å². The Morgan fingerprint density at radius 2 is 0.981 bits per heavy atom. The van der Waals surface area contributed by atoms with Crippen molar-refractivity contribution in [3.8, 4) is 34.3 Å². The number of pyridine rings is 2. The first-order valence-corrected chi connectivity index (χ1v) is 17.7. The van der Waals surface area contributed by atoms with Gasteiger partial charge >= 0.3 is 0 Å². The molecule has 1 aliphatic heterocycles. The van der Waals surface area contributed by atoms with Crippen LogP contribution in [0.25, 0.3) is 66.4 Å². The van der Waals surface area contributed by atoms with Crippen molar-refractivity contribution < 1.29 is 4.74 Å². The van der Waals surface area contributed by atoms with Crippen LogP contribution >= 0.6 is 0 Å². The summed E-state index contributed by atoms with van der Waals surface area (Å²) < 4.78 is 11.8. The van der Waals surface area contributed by atoms with Crippen LogP contribution in [0.1, 0.15) is 22.3 Å². The first kappa shape index (κ1) is 27.8. The monoisotopic (exact) mass is 664 g/mol. The Morgan fingerprint density at radius 1 is 0.442 bits per heavy atom. The van der Waals surface area contributed by atoms with E-state index in [2.05, 4.69) is 167 Å². The maximum Gasteiger partial charge on any atom is 0.156 e. The fourth-order valence-corrected chi connectivity index (χ4v) is 9.28. The van der Waals surface area contributed by atoms with E-state index < -0.39 is 5.41 Å². The van der Waals surface area contributed by atoms with Gasteiger partial charge in [-0.2, -0.15) is 0 Å². The van der Waals surface area contributed by atoms with Crippen molar-refractivity contribution in [2.45, 2.75) is 5.41 Å². The van der Waals surface area contributed by atoms with Crippen LogP contribution in [-0.2, 0) is 5.41 Å². The van der Waals surface area contributed by atoms with E-state index in [1.807, 2.05) is 12.4 Å². The second-order valence-electron chi connectivity index (χ2n) is 13.7. The molecule has 0 saturated heterocycles.